The van der Waals surface area contributed by atoms with Crippen LogP contribution in [0.2, 0.25) is 0 Å². The second-order valence-electron chi connectivity index (χ2n) is 6.10. The topological polar surface area (TPSA) is 12.0 Å². The number of benzene rings is 3. The van der Waals surface area contributed by atoms with Gasteiger partial charge in [-0.3, -0.25) is 0 Å². The lowest BCUT2D eigenvalue weighted by atomic mass is 10.0. The zero-order valence-corrected chi connectivity index (χ0v) is 13.1. The molecule has 0 radical (unpaired) electrons. The third-order valence-electron chi connectivity index (χ3n) is 3.46. The third kappa shape index (κ3) is 2.61. The fourth-order valence-corrected chi connectivity index (χ4v) is 3.08. The van der Waals surface area contributed by atoms with Gasteiger partial charge in [0.25, 0.3) is 0 Å². The summed E-state index contributed by atoms with van der Waals surface area (Å²) in [6.07, 6.45) is 7.01. The molecule has 0 aliphatic heterocycles. The fourth-order valence-electron chi connectivity index (χ4n) is 2.49. The molecule has 3 aromatic rings. The van der Waals surface area contributed by atoms with E-state index in [0.29, 0.717) is 0 Å². The van der Waals surface area contributed by atoms with Gasteiger partial charge < -0.3 is 5.32 Å². The third-order valence-corrected chi connectivity index (χ3v) is 4.47. The first kappa shape index (κ1) is 13.3. The van der Waals surface area contributed by atoms with E-state index >= 15 is 0 Å². The molecule has 1 nitrogen and oxygen atoms in total. The Morgan fingerprint density at radius 1 is 0.800 bits per heavy atom. The predicted molar refractivity (Wildman–Crippen MR) is 95.3 cm³/mol. The van der Waals surface area contributed by atoms with Crippen LogP contribution in [0.3, 0.4) is 0 Å². The summed E-state index contributed by atoms with van der Waals surface area (Å²) in [5.41, 5.74) is 1.25. The molecule has 0 saturated carbocycles. The van der Waals surface area contributed by atoms with Gasteiger partial charge in [0.05, 0.1) is 0 Å². The van der Waals surface area contributed by atoms with Gasteiger partial charge in [0.1, 0.15) is 0 Å². The summed E-state index contributed by atoms with van der Waals surface area (Å²) in [5.74, 6) is 1.05. The molecule has 1 N–H and O–H groups in total. The quantitative estimate of drug-likeness (QED) is 0.663. The van der Waals surface area contributed by atoms with Crippen LogP contribution in [-0.4, -0.2) is 24.6 Å². The van der Waals surface area contributed by atoms with Crippen molar-refractivity contribution in [3.63, 3.8) is 0 Å². The summed E-state index contributed by atoms with van der Waals surface area (Å²) in [6, 6.07) is 19.6. The van der Waals surface area contributed by atoms with Crippen LogP contribution in [0.4, 0.5) is 5.69 Å². The molecule has 0 saturated heterocycles. The Hall–Kier alpha value is -1.67. The SMILES string of the molecule is CS(C)(C)CNc1cc2ccccc2c2ccccc12. The van der Waals surface area contributed by atoms with E-state index in [4.69, 9.17) is 0 Å². The van der Waals surface area contributed by atoms with Crippen molar-refractivity contribution in [3.05, 3.63) is 54.6 Å². The molecule has 0 aliphatic rings. The molecule has 0 unspecified atom stereocenters. The van der Waals surface area contributed by atoms with Crippen molar-refractivity contribution in [1.29, 1.82) is 0 Å². The van der Waals surface area contributed by atoms with Crippen molar-refractivity contribution in [1.82, 2.24) is 0 Å². The van der Waals surface area contributed by atoms with Gasteiger partial charge in [0.15, 0.2) is 0 Å². The van der Waals surface area contributed by atoms with Crippen LogP contribution in [0.15, 0.2) is 54.6 Å². The lowest BCUT2D eigenvalue weighted by Crippen LogP contribution is -2.09. The highest BCUT2D eigenvalue weighted by atomic mass is 32.3. The van der Waals surface area contributed by atoms with E-state index in [9.17, 15) is 0 Å². The van der Waals surface area contributed by atoms with Gasteiger partial charge in [0.2, 0.25) is 0 Å². The number of hydrogen-bond acceptors (Lipinski definition) is 1. The summed E-state index contributed by atoms with van der Waals surface area (Å²) < 4.78 is 0. The molecule has 0 amide bonds. The van der Waals surface area contributed by atoms with Gasteiger partial charge in [0, 0.05) is 17.0 Å². The van der Waals surface area contributed by atoms with E-state index in [2.05, 4.69) is 78.7 Å². The highest BCUT2D eigenvalue weighted by Gasteiger charge is 2.08. The molecule has 0 atom stereocenters. The maximum absolute atomic E-state index is 3.66. The van der Waals surface area contributed by atoms with Gasteiger partial charge in [-0.05, 0) is 41.0 Å². The van der Waals surface area contributed by atoms with E-state index in [-0.39, 0.29) is 0 Å². The number of fused-ring (bicyclic) bond motifs is 3. The number of rotatable bonds is 3. The molecule has 0 spiro atoms. The van der Waals surface area contributed by atoms with Crippen molar-refractivity contribution in [2.75, 3.05) is 30.0 Å². The zero-order valence-electron chi connectivity index (χ0n) is 12.3. The van der Waals surface area contributed by atoms with Crippen molar-refractivity contribution in [3.8, 4) is 0 Å². The predicted octanol–water partition coefficient (Wildman–Crippen LogP) is 5.06. The Bertz CT molecular complexity index is 756. The molecule has 3 rings (SSSR count). The van der Waals surface area contributed by atoms with Crippen molar-refractivity contribution in [2.45, 2.75) is 0 Å². The Morgan fingerprint density at radius 2 is 1.40 bits per heavy atom. The van der Waals surface area contributed by atoms with Crippen LogP contribution in [-0.2, 0) is 0 Å². The summed E-state index contributed by atoms with van der Waals surface area (Å²) >= 11 is 0. The van der Waals surface area contributed by atoms with Crippen LogP contribution in [0.1, 0.15) is 0 Å². The van der Waals surface area contributed by atoms with Crippen LogP contribution >= 0.6 is 10.0 Å². The maximum Gasteiger partial charge on any atom is 0.0452 e. The molecule has 2 heteroatoms. The molecular weight excluding hydrogens is 262 g/mol. The van der Waals surface area contributed by atoms with Crippen LogP contribution in [0.5, 0.6) is 0 Å². The van der Waals surface area contributed by atoms with Gasteiger partial charge in [-0.15, -0.1) is 0 Å². The minimum Gasteiger partial charge on any atom is -0.377 e. The Balaban J connectivity index is 2.19. The molecule has 0 aromatic heterocycles. The largest absolute Gasteiger partial charge is 0.377 e. The lowest BCUT2D eigenvalue weighted by Gasteiger charge is -2.26. The Labute approximate surface area is 122 Å². The van der Waals surface area contributed by atoms with Crippen molar-refractivity contribution >= 4 is 37.3 Å². The lowest BCUT2D eigenvalue weighted by molar-refractivity contribution is 1.47. The average Bonchev–Trinajstić information content (AvgIpc) is 2.44. The highest BCUT2D eigenvalue weighted by Crippen LogP contribution is 2.37. The van der Waals surface area contributed by atoms with Crippen molar-refractivity contribution in [2.24, 2.45) is 0 Å². The van der Waals surface area contributed by atoms with E-state index in [0.717, 1.165) is 5.88 Å². The minimum atomic E-state index is -0.555. The van der Waals surface area contributed by atoms with Crippen LogP contribution < -0.4 is 5.32 Å². The maximum atomic E-state index is 3.66. The molecule has 0 fully saturated rings. The first-order valence-electron chi connectivity index (χ1n) is 6.85. The summed E-state index contributed by atoms with van der Waals surface area (Å²) in [4.78, 5) is 0. The highest BCUT2D eigenvalue weighted by molar-refractivity contribution is 8.32. The number of anilines is 1. The average molecular weight is 283 g/mol. The molecule has 3 aromatic carbocycles. The summed E-state index contributed by atoms with van der Waals surface area (Å²) in [7, 11) is -0.555. The van der Waals surface area contributed by atoms with Crippen LogP contribution in [0.25, 0.3) is 21.5 Å². The summed E-state index contributed by atoms with van der Waals surface area (Å²) in [5, 5.41) is 8.94. The van der Waals surface area contributed by atoms with Gasteiger partial charge in [-0.25, -0.2) is 10.0 Å². The second-order valence-corrected chi connectivity index (χ2v) is 10.6. The molecule has 0 heterocycles. The van der Waals surface area contributed by atoms with E-state index < -0.39 is 10.0 Å². The first-order chi connectivity index (χ1) is 9.54. The molecular formula is C18H21NS. The Kier molecular flexibility index (Phi) is 3.35. The first-order valence-corrected chi connectivity index (χ1v) is 9.88. The minimum absolute atomic E-state index is 0.555. The second kappa shape index (κ2) is 5.02. The molecule has 0 bridgehead atoms. The van der Waals surface area contributed by atoms with E-state index in [1.165, 1.54) is 27.2 Å². The normalized spacial score (nSPS) is 12.8. The fraction of sp³-hybridized carbons (Fsp3) is 0.222. The molecule has 104 valence electrons. The van der Waals surface area contributed by atoms with E-state index in [1.54, 1.807) is 0 Å². The van der Waals surface area contributed by atoms with Crippen molar-refractivity contribution < 1.29 is 0 Å². The van der Waals surface area contributed by atoms with Crippen LogP contribution in [0, 0.1) is 0 Å². The van der Waals surface area contributed by atoms with E-state index in [1.807, 2.05) is 0 Å². The van der Waals surface area contributed by atoms with Gasteiger partial charge >= 0.3 is 0 Å². The smallest absolute Gasteiger partial charge is 0.0452 e. The zero-order chi connectivity index (χ0) is 14.2. The Morgan fingerprint density at radius 3 is 2.10 bits per heavy atom. The molecule has 0 aliphatic carbocycles. The standard InChI is InChI=1S/C18H21NS/c1-20(2,3)13-19-18-12-14-8-4-5-9-15(14)16-10-6-7-11-17(16)18/h4-12,19H,13H2,1-3H3. The van der Waals surface area contributed by atoms with Gasteiger partial charge in [-0.2, -0.15) is 0 Å². The molecule has 20 heavy (non-hydrogen) atoms. The number of hydrogen-bond donors (Lipinski definition) is 1. The van der Waals surface area contributed by atoms with Gasteiger partial charge in [-0.1, -0.05) is 48.5 Å². The number of nitrogens with one attached hydrogen (secondary N) is 1. The summed E-state index contributed by atoms with van der Waals surface area (Å²) in [6.45, 7) is 0. The monoisotopic (exact) mass is 283 g/mol.